The highest BCUT2D eigenvalue weighted by Crippen LogP contribution is 2.30. The van der Waals surface area contributed by atoms with Crippen molar-refractivity contribution in [2.45, 2.75) is 39.2 Å². The molecule has 1 aromatic heterocycles. The summed E-state index contributed by atoms with van der Waals surface area (Å²) in [5.41, 5.74) is 4.51. The van der Waals surface area contributed by atoms with Gasteiger partial charge < -0.3 is 14.2 Å². The molecule has 1 fully saturated rings. The summed E-state index contributed by atoms with van der Waals surface area (Å²) in [5.74, 6) is 2.24. The molecule has 1 saturated heterocycles. The number of para-hydroxylation sites is 2. The van der Waals surface area contributed by atoms with E-state index in [4.69, 9.17) is 9.72 Å². The van der Waals surface area contributed by atoms with Gasteiger partial charge in [-0.25, -0.2) is 4.98 Å². The van der Waals surface area contributed by atoms with Gasteiger partial charge in [-0.05, 0) is 44.0 Å². The van der Waals surface area contributed by atoms with Gasteiger partial charge >= 0.3 is 0 Å². The first-order valence-corrected chi connectivity index (χ1v) is 10.6. The molecule has 2 heterocycles. The average Bonchev–Trinajstić information content (AvgIpc) is 3.27. The highest BCUT2D eigenvalue weighted by atomic mass is 16.5. The van der Waals surface area contributed by atoms with Crippen molar-refractivity contribution in [1.29, 1.82) is 0 Å². The number of nitrogens with zero attached hydrogens (tertiary/aromatic N) is 3. The first kappa shape index (κ1) is 20.2. The minimum absolute atomic E-state index is 0.116. The van der Waals surface area contributed by atoms with E-state index in [0.29, 0.717) is 26.1 Å². The van der Waals surface area contributed by atoms with Gasteiger partial charge in [0.1, 0.15) is 11.6 Å². The number of benzene rings is 2. The number of amides is 1. The Morgan fingerprint density at radius 2 is 2.07 bits per heavy atom. The summed E-state index contributed by atoms with van der Waals surface area (Å²) in [5, 5.41) is 0. The van der Waals surface area contributed by atoms with Gasteiger partial charge in [0.05, 0.1) is 17.6 Å². The quantitative estimate of drug-likeness (QED) is 0.407. The van der Waals surface area contributed by atoms with E-state index < -0.39 is 0 Å². The predicted octanol–water partition coefficient (Wildman–Crippen LogP) is 4.62. The number of ether oxygens (including phenoxy) is 1. The van der Waals surface area contributed by atoms with Crippen molar-refractivity contribution in [3.63, 3.8) is 0 Å². The summed E-state index contributed by atoms with van der Waals surface area (Å²) in [6, 6.07) is 14.5. The molecule has 0 spiro atoms. The molecule has 30 heavy (non-hydrogen) atoms. The third-order valence-corrected chi connectivity index (χ3v) is 5.73. The fourth-order valence-electron chi connectivity index (χ4n) is 4.28. The van der Waals surface area contributed by atoms with Gasteiger partial charge in [-0.2, -0.15) is 0 Å². The Kier molecular flexibility index (Phi) is 5.88. The minimum Gasteiger partial charge on any atom is -0.493 e. The Bertz CT molecular complexity index is 1070. The summed E-state index contributed by atoms with van der Waals surface area (Å²) in [7, 11) is 0. The van der Waals surface area contributed by atoms with E-state index >= 15 is 0 Å². The minimum atomic E-state index is 0.116. The largest absolute Gasteiger partial charge is 0.493 e. The zero-order valence-corrected chi connectivity index (χ0v) is 17.8. The molecule has 4 rings (SSSR count). The fourth-order valence-corrected chi connectivity index (χ4v) is 4.28. The highest BCUT2D eigenvalue weighted by molar-refractivity contribution is 5.81. The average molecular weight is 404 g/mol. The van der Waals surface area contributed by atoms with Crippen LogP contribution in [0.5, 0.6) is 5.75 Å². The first-order chi connectivity index (χ1) is 14.6. The molecule has 0 aliphatic carbocycles. The molecule has 1 aliphatic rings. The van der Waals surface area contributed by atoms with Gasteiger partial charge in [0, 0.05) is 32.0 Å². The van der Waals surface area contributed by atoms with Gasteiger partial charge in [-0.1, -0.05) is 35.9 Å². The van der Waals surface area contributed by atoms with E-state index in [-0.39, 0.29) is 11.8 Å². The molecule has 5 heteroatoms. The van der Waals surface area contributed by atoms with Crippen molar-refractivity contribution in [2.75, 3.05) is 19.7 Å². The van der Waals surface area contributed by atoms with Crippen LogP contribution in [0.3, 0.4) is 0 Å². The summed E-state index contributed by atoms with van der Waals surface area (Å²) in [4.78, 5) is 19.1. The summed E-state index contributed by atoms with van der Waals surface area (Å²) < 4.78 is 8.30. The molecular weight excluding hydrogens is 374 g/mol. The molecule has 1 amide bonds. The van der Waals surface area contributed by atoms with Crippen LogP contribution < -0.4 is 4.74 Å². The van der Waals surface area contributed by atoms with Crippen molar-refractivity contribution >= 4 is 16.9 Å². The highest BCUT2D eigenvalue weighted by Gasteiger charge is 2.33. The lowest BCUT2D eigenvalue weighted by Gasteiger charge is -2.16. The number of carbonyl (C=O) groups is 1. The molecule has 0 bridgehead atoms. The number of aryl methyl sites for hydroxylation is 3. The van der Waals surface area contributed by atoms with E-state index in [9.17, 15) is 4.79 Å². The zero-order chi connectivity index (χ0) is 21.1. The SMILES string of the molecule is C=CCN1CC(c2nc3ccccc3n2CCCOc2ccc(C)cc2C)CC1=O. The van der Waals surface area contributed by atoms with E-state index in [1.165, 1.54) is 5.56 Å². The number of imidazole rings is 1. The first-order valence-electron chi connectivity index (χ1n) is 10.6. The molecule has 0 radical (unpaired) electrons. The molecule has 0 saturated carbocycles. The molecule has 5 nitrogen and oxygen atoms in total. The second kappa shape index (κ2) is 8.74. The lowest BCUT2D eigenvalue weighted by atomic mass is 10.1. The van der Waals surface area contributed by atoms with E-state index in [1.54, 1.807) is 6.08 Å². The molecule has 1 atom stereocenters. The number of hydrogen-bond donors (Lipinski definition) is 0. The van der Waals surface area contributed by atoms with Crippen LogP contribution in [0, 0.1) is 13.8 Å². The van der Waals surface area contributed by atoms with Crippen LogP contribution in [0.15, 0.2) is 55.1 Å². The number of rotatable bonds is 8. The maximum absolute atomic E-state index is 12.4. The van der Waals surface area contributed by atoms with E-state index in [0.717, 1.165) is 41.1 Å². The Morgan fingerprint density at radius 3 is 2.87 bits per heavy atom. The molecule has 1 aliphatic heterocycles. The van der Waals surface area contributed by atoms with Crippen molar-refractivity contribution in [1.82, 2.24) is 14.5 Å². The van der Waals surface area contributed by atoms with Gasteiger partial charge in [0.15, 0.2) is 0 Å². The van der Waals surface area contributed by atoms with Gasteiger partial charge in [0.2, 0.25) is 5.91 Å². The van der Waals surface area contributed by atoms with Crippen LogP contribution in [-0.2, 0) is 11.3 Å². The van der Waals surface area contributed by atoms with Crippen molar-refractivity contribution in [3.05, 3.63) is 72.1 Å². The van der Waals surface area contributed by atoms with Crippen LogP contribution in [0.2, 0.25) is 0 Å². The second-order valence-electron chi connectivity index (χ2n) is 8.07. The third kappa shape index (κ3) is 4.11. The van der Waals surface area contributed by atoms with Gasteiger partial charge in [0.25, 0.3) is 0 Å². The number of likely N-dealkylation sites (tertiary alicyclic amines) is 1. The topological polar surface area (TPSA) is 47.4 Å². The molecule has 2 aromatic carbocycles. The van der Waals surface area contributed by atoms with Crippen LogP contribution in [-0.4, -0.2) is 40.1 Å². The van der Waals surface area contributed by atoms with Crippen molar-refractivity contribution in [3.8, 4) is 5.75 Å². The monoisotopic (exact) mass is 403 g/mol. The molecule has 0 N–H and O–H groups in total. The van der Waals surface area contributed by atoms with E-state index in [2.05, 4.69) is 43.2 Å². The van der Waals surface area contributed by atoms with Gasteiger partial charge in [-0.15, -0.1) is 6.58 Å². The Hall–Kier alpha value is -3.08. The summed E-state index contributed by atoms with van der Waals surface area (Å²) in [6.07, 6.45) is 3.17. The van der Waals surface area contributed by atoms with Crippen LogP contribution in [0.25, 0.3) is 11.0 Å². The number of hydrogen-bond acceptors (Lipinski definition) is 3. The van der Waals surface area contributed by atoms with Crippen LogP contribution in [0.4, 0.5) is 0 Å². The Morgan fingerprint density at radius 1 is 1.23 bits per heavy atom. The Labute approximate surface area is 178 Å². The summed E-state index contributed by atoms with van der Waals surface area (Å²) in [6.45, 7) is 10.7. The lowest BCUT2D eigenvalue weighted by molar-refractivity contribution is -0.127. The standard InChI is InChI=1S/C25H29N3O2/c1-4-12-27-17-20(16-24(27)29)25-26-21-8-5-6-9-22(21)28(25)13-7-14-30-23-11-10-18(2)15-19(23)3/h4-6,8-11,15,20H,1,7,12-14,16-17H2,2-3H3. The maximum Gasteiger partial charge on any atom is 0.223 e. The molecule has 3 aromatic rings. The van der Waals surface area contributed by atoms with Crippen molar-refractivity contribution < 1.29 is 9.53 Å². The smallest absolute Gasteiger partial charge is 0.223 e. The van der Waals surface area contributed by atoms with E-state index in [1.807, 2.05) is 29.2 Å². The number of aromatic nitrogens is 2. The van der Waals surface area contributed by atoms with Crippen LogP contribution in [0.1, 0.15) is 35.7 Å². The Balaban J connectivity index is 1.49. The van der Waals surface area contributed by atoms with Crippen LogP contribution >= 0.6 is 0 Å². The molecule has 1 unspecified atom stereocenters. The second-order valence-corrected chi connectivity index (χ2v) is 8.07. The summed E-state index contributed by atoms with van der Waals surface area (Å²) >= 11 is 0. The van der Waals surface area contributed by atoms with Gasteiger partial charge in [-0.3, -0.25) is 4.79 Å². The third-order valence-electron chi connectivity index (χ3n) is 5.73. The molecular formula is C25H29N3O2. The predicted molar refractivity (Wildman–Crippen MR) is 120 cm³/mol. The molecule has 156 valence electrons. The fraction of sp³-hybridized carbons (Fsp3) is 0.360. The number of fused-ring (bicyclic) bond motifs is 1. The maximum atomic E-state index is 12.4. The number of carbonyl (C=O) groups excluding carboxylic acids is 1. The lowest BCUT2D eigenvalue weighted by Crippen LogP contribution is -2.25. The zero-order valence-electron chi connectivity index (χ0n) is 17.8. The van der Waals surface area contributed by atoms with Crippen molar-refractivity contribution in [2.24, 2.45) is 0 Å². The normalized spacial score (nSPS) is 16.4.